The summed E-state index contributed by atoms with van der Waals surface area (Å²) in [7, 11) is -2.83. The largest absolute Gasteiger partial charge is 0.508 e. The van der Waals surface area contributed by atoms with Crippen molar-refractivity contribution >= 4 is 19.9 Å². The highest BCUT2D eigenvalue weighted by molar-refractivity contribution is 6.74. The molecule has 2 aromatic carbocycles. The number of aliphatic hydroxyl groups is 1. The summed E-state index contributed by atoms with van der Waals surface area (Å²) in [6, 6.07) is 18.2. The number of rotatable bonds is 8. The Morgan fingerprint density at radius 3 is 2.22 bits per heavy atom. The number of carbonyl (C=O) groups excluding carboxylic acids is 2. The lowest BCUT2D eigenvalue weighted by Gasteiger charge is -2.53. The summed E-state index contributed by atoms with van der Waals surface area (Å²) in [5, 5.41) is 16.3. The van der Waals surface area contributed by atoms with Crippen molar-refractivity contribution in [1.82, 2.24) is 10.1 Å². The Morgan fingerprint density at radius 2 is 1.59 bits per heavy atom. The van der Waals surface area contributed by atoms with Gasteiger partial charge in [-0.25, -0.2) is 0 Å². The smallest absolute Gasteiger partial charge is 0.265 e. The van der Waals surface area contributed by atoms with Crippen LogP contribution in [-0.4, -0.2) is 40.7 Å². The summed E-state index contributed by atoms with van der Waals surface area (Å²) in [5.74, 6) is -2.10. The van der Waals surface area contributed by atoms with Crippen molar-refractivity contribution in [2.45, 2.75) is 76.6 Å². The van der Waals surface area contributed by atoms with Gasteiger partial charge in [0.2, 0.25) is 5.78 Å². The molecule has 0 radical (unpaired) electrons. The van der Waals surface area contributed by atoms with Gasteiger partial charge in [0.15, 0.2) is 25.5 Å². The van der Waals surface area contributed by atoms with E-state index in [2.05, 4.69) is 30.9 Å². The number of ether oxygens (including phenoxy) is 2. The van der Waals surface area contributed by atoms with Crippen LogP contribution in [0.15, 0.2) is 88.9 Å². The lowest BCUT2D eigenvalue weighted by atomic mass is 9.59. The predicted molar refractivity (Wildman–Crippen MR) is 184 cm³/mol. The van der Waals surface area contributed by atoms with E-state index in [1.165, 1.54) is 6.20 Å². The first kappa shape index (κ1) is 32.9. The first-order chi connectivity index (χ1) is 23.3. The third-order valence-corrected chi connectivity index (χ3v) is 15.1. The van der Waals surface area contributed by atoms with Gasteiger partial charge in [-0.15, -0.1) is 0 Å². The van der Waals surface area contributed by atoms with E-state index >= 15 is 4.79 Å². The second-order valence-electron chi connectivity index (χ2n) is 14.7. The van der Waals surface area contributed by atoms with Crippen LogP contribution in [0.5, 0.6) is 11.6 Å². The molecule has 0 spiro atoms. The minimum atomic E-state index is -2.83. The van der Waals surface area contributed by atoms with Gasteiger partial charge in [-0.05, 0) is 58.7 Å². The maximum Gasteiger partial charge on any atom is 0.265 e. The standard InChI is InChI=1S/C38H41N3O7Si/c1-37(2,3)49(4,5)48-38-26(31(39)33-30(35(38)44)36(41-47-33)46-21-23-14-10-7-11-15-23)17-24-16-25-18-40-19-27(28(25)32(42)29(24)34(38)43)45-20-22-12-8-6-9-13-22/h6-15,18-19,24,26,31,43H,16-17,20-21,39H2,1-5H3/t24-,26-,31-,38?/m0/s1. The number of nitrogens with zero attached hydrogens (tertiary/aromatic N) is 2. The van der Waals surface area contributed by atoms with Crippen LogP contribution in [0.3, 0.4) is 0 Å². The molecule has 10 nitrogen and oxygen atoms in total. The molecule has 0 bridgehead atoms. The third-order valence-electron chi connectivity index (χ3n) is 10.7. The molecular weight excluding hydrogens is 639 g/mol. The second-order valence-corrected chi connectivity index (χ2v) is 19.5. The Labute approximate surface area is 286 Å². The van der Waals surface area contributed by atoms with Crippen molar-refractivity contribution in [1.29, 1.82) is 0 Å². The molecular formula is C38H41N3O7Si. The number of ketones is 2. The van der Waals surface area contributed by atoms with Crippen LogP contribution in [0.4, 0.5) is 0 Å². The van der Waals surface area contributed by atoms with Gasteiger partial charge in [0.05, 0.1) is 17.8 Å². The van der Waals surface area contributed by atoms with Crippen LogP contribution in [0.2, 0.25) is 18.1 Å². The van der Waals surface area contributed by atoms with Crippen molar-refractivity contribution in [2.24, 2.45) is 17.6 Å². The number of allylic oxidation sites excluding steroid dienone is 1. The molecule has 2 aromatic heterocycles. The summed E-state index contributed by atoms with van der Waals surface area (Å²) in [4.78, 5) is 34.1. The second kappa shape index (κ2) is 12.1. The van der Waals surface area contributed by atoms with E-state index in [0.717, 1.165) is 11.1 Å². The molecule has 3 aliphatic carbocycles. The topological polar surface area (TPSA) is 147 Å². The number of pyridine rings is 1. The Balaban J connectivity index is 1.35. The van der Waals surface area contributed by atoms with Gasteiger partial charge in [-0.1, -0.05) is 81.4 Å². The molecule has 3 aliphatic rings. The average molecular weight is 680 g/mol. The van der Waals surface area contributed by atoms with Gasteiger partial charge < -0.3 is 29.3 Å². The fraction of sp³-hybridized carbons (Fsp3) is 0.368. The number of fused-ring (bicyclic) bond motifs is 4. The minimum Gasteiger partial charge on any atom is -0.508 e. The van der Waals surface area contributed by atoms with Gasteiger partial charge in [-0.3, -0.25) is 14.6 Å². The zero-order valence-electron chi connectivity index (χ0n) is 28.4. The van der Waals surface area contributed by atoms with E-state index in [0.29, 0.717) is 29.7 Å². The van der Waals surface area contributed by atoms with E-state index in [9.17, 15) is 9.90 Å². The van der Waals surface area contributed by atoms with Crippen molar-refractivity contribution < 1.29 is 33.1 Å². The quantitative estimate of drug-likeness (QED) is 0.185. The molecule has 1 unspecified atom stereocenters. The molecule has 0 amide bonds. The van der Waals surface area contributed by atoms with Crippen LogP contribution < -0.4 is 15.2 Å². The molecule has 7 rings (SSSR count). The highest BCUT2D eigenvalue weighted by atomic mass is 28.4. The predicted octanol–water partition coefficient (Wildman–Crippen LogP) is 7.07. The molecule has 2 heterocycles. The molecule has 11 heteroatoms. The maximum absolute atomic E-state index is 15.1. The van der Waals surface area contributed by atoms with E-state index in [1.54, 1.807) is 6.20 Å². The molecule has 3 N–H and O–H groups in total. The molecule has 0 aliphatic heterocycles. The number of carbonyl (C=O) groups is 2. The highest BCUT2D eigenvalue weighted by Crippen LogP contribution is 2.58. The molecule has 4 aromatic rings. The summed E-state index contributed by atoms with van der Waals surface area (Å²) >= 11 is 0. The van der Waals surface area contributed by atoms with Gasteiger partial charge >= 0.3 is 0 Å². The number of nitrogens with two attached hydrogens (primary N) is 1. The number of Topliss-reactive ketones (excluding diaryl/α,β-unsaturated/α-hetero) is 2. The van der Waals surface area contributed by atoms with Gasteiger partial charge in [0.25, 0.3) is 5.88 Å². The lowest BCUT2D eigenvalue weighted by molar-refractivity contribution is -0.0273. The number of hydrogen-bond acceptors (Lipinski definition) is 10. The average Bonchev–Trinajstić information content (AvgIpc) is 3.51. The Morgan fingerprint density at radius 1 is 0.959 bits per heavy atom. The highest BCUT2D eigenvalue weighted by Gasteiger charge is 2.66. The number of aliphatic hydroxyl groups excluding tert-OH is 1. The van der Waals surface area contributed by atoms with Crippen LogP contribution in [0.1, 0.15) is 76.4 Å². The van der Waals surface area contributed by atoms with Crippen LogP contribution in [0.25, 0.3) is 0 Å². The Kier molecular flexibility index (Phi) is 8.12. The van der Waals surface area contributed by atoms with Crippen LogP contribution in [0, 0.1) is 11.8 Å². The van der Waals surface area contributed by atoms with E-state index in [-0.39, 0.29) is 41.0 Å². The summed E-state index contributed by atoms with van der Waals surface area (Å²) in [5.41, 5.74) is 8.03. The maximum atomic E-state index is 15.1. The molecule has 254 valence electrons. The first-order valence-corrected chi connectivity index (χ1v) is 19.5. The monoisotopic (exact) mass is 679 g/mol. The molecule has 0 saturated heterocycles. The van der Waals surface area contributed by atoms with Gasteiger partial charge in [0.1, 0.15) is 30.3 Å². The lowest BCUT2D eigenvalue weighted by Crippen LogP contribution is -2.64. The van der Waals surface area contributed by atoms with Gasteiger partial charge in [-0.2, -0.15) is 0 Å². The SMILES string of the molecule is CC(C)(C)[Si](C)(C)OC12C(=O)c3c(OCc4ccccc4)noc3[C@@H](N)[C@@H]1C[C@@H]1Cc3cncc(OCc4ccccc4)c3C(=O)C1=C2O. The summed E-state index contributed by atoms with van der Waals surface area (Å²) in [6.45, 7) is 10.5. The Hall–Kier alpha value is -4.58. The minimum absolute atomic E-state index is 0.0288. The van der Waals surface area contributed by atoms with E-state index < -0.39 is 49.1 Å². The summed E-state index contributed by atoms with van der Waals surface area (Å²) in [6.07, 6.45) is 3.88. The zero-order chi connectivity index (χ0) is 34.7. The zero-order valence-corrected chi connectivity index (χ0v) is 29.4. The Bertz CT molecular complexity index is 1950. The molecule has 0 saturated carbocycles. The number of hydrogen-bond donors (Lipinski definition) is 2. The van der Waals surface area contributed by atoms with Crippen molar-refractivity contribution in [3.8, 4) is 11.6 Å². The van der Waals surface area contributed by atoms with Crippen molar-refractivity contribution in [3.05, 3.63) is 118 Å². The van der Waals surface area contributed by atoms with E-state index in [1.807, 2.05) is 73.8 Å². The normalized spacial score (nSPS) is 23.3. The molecule has 4 atom stereocenters. The fourth-order valence-electron chi connectivity index (χ4n) is 7.10. The van der Waals surface area contributed by atoms with Gasteiger partial charge in [0, 0.05) is 17.7 Å². The number of aromatic nitrogens is 2. The number of benzene rings is 2. The molecule has 49 heavy (non-hydrogen) atoms. The van der Waals surface area contributed by atoms with Crippen molar-refractivity contribution in [3.63, 3.8) is 0 Å². The van der Waals surface area contributed by atoms with Crippen LogP contribution >= 0.6 is 0 Å². The first-order valence-electron chi connectivity index (χ1n) is 16.6. The fourth-order valence-corrected chi connectivity index (χ4v) is 8.55. The van der Waals surface area contributed by atoms with E-state index in [4.69, 9.17) is 24.2 Å². The third kappa shape index (κ3) is 5.40. The van der Waals surface area contributed by atoms with Crippen molar-refractivity contribution in [2.75, 3.05) is 0 Å². The summed E-state index contributed by atoms with van der Waals surface area (Å²) < 4.78 is 25.0. The molecule has 0 fully saturated rings. The van der Waals surface area contributed by atoms with Crippen LogP contribution in [-0.2, 0) is 24.1 Å².